The highest BCUT2D eigenvalue weighted by molar-refractivity contribution is 6.32. The molecule has 3 rings (SSSR count). The molecule has 2 N–H and O–H groups in total. The summed E-state index contributed by atoms with van der Waals surface area (Å²) in [4.78, 5) is 13.0. The van der Waals surface area contributed by atoms with Crippen LogP contribution in [0.5, 0.6) is 5.75 Å². The van der Waals surface area contributed by atoms with Crippen molar-refractivity contribution in [3.8, 4) is 5.75 Å². The van der Waals surface area contributed by atoms with E-state index in [-0.39, 0.29) is 5.60 Å². The second-order valence-electron chi connectivity index (χ2n) is 7.54. The second-order valence-corrected chi connectivity index (χ2v) is 7.95. The Hall–Kier alpha value is -2.51. The van der Waals surface area contributed by atoms with E-state index >= 15 is 0 Å². The van der Waals surface area contributed by atoms with Gasteiger partial charge in [0.2, 0.25) is 5.96 Å². The average Bonchev–Trinajstić information content (AvgIpc) is 2.67. The highest BCUT2D eigenvalue weighted by atomic mass is 35.5. The minimum absolute atomic E-state index is 0.251. The third-order valence-electron chi connectivity index (χ3n) is 4.21. The molecule has 1 aromatic heterocycles. The third-order valence-corrected chi connectivity index (χ3v) is 4.51. The molecule has 8 heteroatoms. The molecule has 0 spiro atoms. The molecule has 1 saturated heterocycles. The lowest BCUT2D eigenvalue weighted by molar-refractivity contribution is 0.131. The van der Waals surface area contributed by atoms with Crippen molar-refractivity contribution in [2.24, 2.45) is 4.99 Å². The molecule has 0 amide bonds. The molecular formula is C20H26ClN5O2. The van der Waals surface area contributed by atoms with Gasteiger partial charge in [0.25, 0.3) is 0 Å². The lowest BCUT2D eigenvalue weighted by Gasteiger charge is -2.36. The van der Waals surface area contributed by atoms with E-state index in [1.807, 2.05) is 62.1 Å². The fourth-order valence-corrected chi connectivity index (χ4v) is 3.21. The van der Waals surface area contributed by atoms with Crippen molar-refractivity contribution in [3.05, 3.63) is 47.6 Å². The smallest absolute Gasteiger partial charge is 0.223 e. The number of hydrogen-bond acceptors (Lipinski definition) is 5. The Morgan fingerprint density at radius 2 is 1.82 bits per heavy atom. The van der Waals surface area contributed by atoms with Crippen LogP contribution in [0.15, 0.2) is 47.6 Å². The average molecular weight is 404 g/mol. The minimum atomic E-state index is -0.251. The third kappa shape index (κ3) is 5.27. The van der Waals surface area contributed by atoms with E-state index in [0.29, 0.717) is 24.1 Å². The number of pyridine rings is 1. The largest absolute Gasteiger partial charge is 0.488 e. The Bertz CT molecular complexity index is 812. The SMILES string of the molecule is CC(C)(C)Oc1ccc(N=C(NO)N2CCN(c3ncccc3Cl)CC2)cc1. The summed E-state index contributed by atoms with van der Waals surface area (Å²) in [5, 5.41) is 10.2. The van der Waals surface area contributed by atoms with Gasteiger partial charge in [0.15, 0.2) is 0 Å². The van der Waals surface area contributed by atoms with Crippen LogP contribution >= 0.6 is 11.6 Å². The van der Waals surface area contributed by atoms with Gasteiger partial charge in [-0.3, -0.25) is 5.21 Å². The maximum atomic E-state index is 9.58. The van der Waals surface area contributed by atoms with Gasteiger partial charge in [-0.25, -0.2) is 15.5 Å². The number of hydroxylamine groups is 1. The number of benzene rings is 1. The number of ether oxygens (including phenoxy) is 1. The zero-order chi connectivity index (χ0) is 20.1. The van der Waals surface area contributed by atoms with E-state index < -0.39 is 0 Å². The molecule has 1 aliphatic heterocycles. The summed E-state index contributed by atoms with van der Waals surface area (Å²) in [7, 11) is 0. The molecule has 0 saturated carbocycles. The van der Waals surface area contributed by atoms with E-state index in [4.69, 9.17) is 16.3 Å². The first-order valence-corrected chi connectivity index (χ1v) is 9.62. The first kappa shape index (κ1) is 20.2. The van der Waals surface area contributed by atoms with E-state index in [1.165, 1.54) is 0 Å². The van der Waals surface area contributed by atoms with Gasteiger partial charge in [-0.15, -0.1) is 0 Å². The standard InChI is InChI=1S/C20H26ClN5O2/c1-20(2,3)28-16-8-6-15(7-9-16)23-19(24-27)26-13-11-25(12-14-26)18-17(21)5-4-10-22-18/h4-10,27H,11-14H2,1-3H3,(H,23,24). The van der Waals surface area contributed by atoms with Gasteiger partial charge < -0.3 is 14.5 Å². The van der Waals surface area contributed by atoms with E-state index in [0.717, 1.165) is 30.3 Å². The minimum Gasteiger partial charge on any atom is -0.488 e. The fraction of sp³-hybridized carbons (Fsp3) is 0.400. The van der Waals surface area contributed by atoms with Crippen LogP contribution in [0.25, 0.3) is 0 Å². The zero-order valence-corrected chi connectivity index (χ0v) is 17.1. The van der Waals surface area contributed by atoms with E-state index in [9.17, 15) is 5.21 Å². The van der Waals surface area contributed by atoms with Crippen molar-refractivity contribution in [1.29, 1.82) is 0 Å². The number of guanidine groups is 1. The number of nitrogens with zero attached hydrogens (tertiary/aromatic N) is 4. The van der Waals surface area contributed by atoms with Crippen LogP contribution in [0.4, 0.5) is 11.5 Å². The molecule has 1 aliphatic rings. The van der Waals surface area contributed by atoms with Crippen LogP contribution in [-0.4, -0.2) is 52.8 Å². The number of halogens is 1. The number of hydrogen-bond donors (Lipinski definition) is 2. The molecule has 0 bridgehead atoms. The van der Waals surface area contributed by atoms with Crippen LogP contribution < -0.4 is 15.1 Å². The maximum Gasteiger partial charge on any atom is 0.223 e. The Labute approximate surface area is 170 Å². The van der Waals surface area contributed by atoms with Gasteiger partial charge in [0.05, 0.1) is 10.7 Å². The summed E-state index contributed by atoms with van der Waals surface area (Å²) in [6, 6.07) is 11.1. The van der Waals surface area contributed by atoms with Crippen LogP contribution in [-0.2, 0) is 0 Å². The van der Waals surface area contributed by atoms with Gasteiger partial charge in [-0.2, -0.15) is 0 Å². The first-order chi connectivity index (χ1) is 13.4. The highest BCUT2D eigenvalue weighted by Crippen LogP contribution is 2.24. The molecule has 0 unspecified atom stereocenters. The Kier molecular flexibility index (Phi) is 6.26. The Balaban J connectivity index is 1.65. The summed E-state index contributed by atoms with van der Waals surface area (Å²) in [5.41, 5.74) is 2.70. The van der Waals surface area contributed by atoms with Crippen LogP contribution in [0.2, 0.25) is 5.02 Å². The zero-order valence-electron chi connectivity index (χ0n) is 16.4. The molecule has 150 valence electrons. The van der Waals surface area contributed by atoms with Crippen LogP contribution in [0, 0.1) is 0 Å². The molecule has 1 aromatic carbocycles. The topological polar surface area (TPSA) is 73.2 Å². The highest BCUT2D eigenvalue weighted by Gasteiger charge is 2.22. The number of aliphatic imine (C=N–C) groups is 1. The van der Waals surface area contributed by atoms with Crippen molar-refractivity contribution in [1.82, 2.24) is 15.4 Å². The van der Waals surface area contributed by atoms with E-state index in [1.54, 1.807) is 6.20 Å². The predicted octanol–water partition coefficient (Wildman–Crippen LogP) is 3.70. The van der Waals surface area contributed by atoms with E-state index in [2.05, 4.69) is 20.4 Å². The molecule has 0 radical (unpaired) electrons. The van der Waals surface area contributed by atoms with Crippen LogP contribution in [0.3, 0.4) is 0 Å². The monoisotopic (exact) mass is 403 g/mol. The molecule has 2 aromatic rings. The summed E-state index contributed by atoms with van der Waals surface area (Å²) in [6.45, 7) is 8.85. The van der Waals surface area contributed by atoms with Crippen molar-refractivity contribution in [3.63, 3.8) is 0 Å². The first-order valence-electron chi connectivity index (χ1n) is 9.24. The molecule has 28 heavy (non-hydrogen) atoms. The summed E-state index contributed by atoms with van der Waals surface area (Å²) >= 11 is 6.24. The van der Waals surface area contributed by atoms with Gasteiger partial charge >= 0.3 is 0 Å². The van der Waals surface area contributed by atoms with Crippen LogP contribution in [0.1, 0.15) is 20.8 Å². The molecular weight excluding hydrogens is 378 g/mol. The normalized spacial score (nSPS) is 15.5. The molecule has 2 heterocycles. The van der Waals surface area contributed by atoms with Crippen molar-refractivity contribution < 1.29 is 9.94 Å². The fourth-order valence-electron chi connectivity index (χ4n) is 2.97. The lowest BCUT2D eigenvalue weighted by Crippen LogP contribution is -2.52. The number of aromatic nitrogens is 1. The summed E-state index contributed by atoms with van der Waals surface area (Å²) in [6.07, 6.45) is 1.74. The number of piperazine rings is 1. The van der Waals surface area contributed by atoms with Gasteiger partial charge in [0, 0.05) is 32.4 Å². The number of anilines is 1. The number of rotatable bonds is 3. The quantitative estimate of drug-likeness (QED) is 0.462. The maximum absolute atomic E-state index is 9.58. The molecule has 1 fully saturated rings. The lowest BCUT2D eigenvalue weighted by atomic mass is 10.2. The summed E-state index contributed by atoms with van der Waals surface area (Å²) in [5.74, 6) is 1.98. The Morgan fingerprint density at radius 1 is 1.14 bits per heavy atom. The molecule has 0 atom stereocenters. The van der Waals surface area contributed by atoms with Crippen molar-refractivity contribution in [2.45, 2.75) is 26.4 Å². The van der Waals surface area contributed by atoms with Gasteiger partial charge in [0.1, 0.15) is 17.2 Å². The van der Waals surface area contributed by atoms with Crippen molar-refractivity contribution in [2.75, 3.05) is 31.1 Å². The van der Waals surface area contributed by atoms with Gasteiger partial charge in [-0.1, -0.05) is 11.6 Å². The Morgan fingerprint density at radius 3 is 2.39 bits per heavy atom. The number of nitrogens with one attached hydrogen (secondary N) is 1. The second kappa shape index (κ2) is 8.67. The van der Waals surface area contributed by atoms with Gasteiger partial charge in [-0.05, 0) is 57.2 Å². The summed E-state index contributed by atoms with van der Waals surface area (Å²) < 4.78 is 5.82. The molecule has 7 nitrogen and oxygen atoms in total. The van der Waals surface area contributed by atoms with Crippen molar-refractivity contribution >= 4 is 29.1 Å². The predicted molar refractivity (Wildman–Crippen MR) is 112 cm³/mol. The molecule has 0 aliphatic carbocycles.